The second-order valence-electron chi connectivity index (χ2n) is 8.75. The van der Waals surface area contributed by atoms with Gasteiger partial charge in [0.2, 0.25) is 0 Å². The topological polar surface area (TPSA) is 87.4 Å². The maximum absolute atomic E-state index is 13.4. The van der Waals surface area contributed by atoms with Crippen LogP contribution in [0.3, 0.4) is 0 Å². The minimum Gasteiger partial charge on any atom is -0.397 e. The Labute approximate surface area is 191 Å². The van der Waals surface area contributed by atoms with E-state index in [1.54, 1.807) is 28.0 Å². The molecule has 1 unspecified atom stereocenters. The lowest BCUT2D eigenvalue weighted by atomic mass is 9.93. The first-order chi connectivity index (χ1) is 15.8. The van der Waals surface area contributed by atoms with Gasteiger partial charge in [0.15, 0.2) is 5.82 Å². The maximum Gasteiger partial charge on any atom is 0.393 e. The lowest BCUT2D eigenvalue weighted by Gasteiger charge is -2.37. The third kappa shape index (κ3) is 5.48. The number of nitrogen functional groups attached to an aromatic ring is 1. The van der Waals surface area contributed by atoms with Crippen LogP contribution in [-0.4, -0.2) is 41.3 Å². The molecule has 0 radical (unpaired) electrons. The molecule has 3 N–H and O–H groups in total. The number of hydrogen-bond acceptors (Lipinski definition) is 5. The first-order valence-corrected chi connectivity index (χ1v) is 11.4. The third-order valence-corrected chi connectivity index (χ3v) is 6.48. The molecule has 2 aromatic rings. The summed E-state index contributed by atoms with van der Waals surface area (Å²) in [7, 11) is 0. The largest absolute Gasteiger partial charge is 0.397 e. The number of nitrogens with zero attached hydrogens (tertiary/aromatic N) is 4. The molecule has 7 nitrogen and oxygen atoms in total. The average molecular weight is 463 g/mol. The molecule has 1 aliphatic heterocycles. The van der Waals surface area contributed by atoms with Gasteiger partial charge in [0.05, 0.1) is 23.5 Å². The summed E-state index contributed by atoms with van der Waals surface area (Å²) in [6, 6.07) is 4.72. The summed E-state index contributed by atoms with van der Waals surface area (Å²) in [4.78, 5) is 24.9. The van der Waals surface area contributed by atoms with E-state index in [0.717, 1.165) is 32.1 Å². The maximum atomic E-state index is 13.4. The normalized spacial score (nSPS) is 19.8. The standard InChI is InChI=1S/C23H29F3N6O/c24-23(25,26)16-5-4-12-31(15-16)18-8-9-19(27)20(13-18)32(17-6-2-1-3-7-17)22(33)30-21-14-28-10-11-29-21/h8-11,13-14,16-17H,1-7,12,15,27H2,(H,29,30,33). The SMILES string of the molecule is Nc1ccc(N2CCCC(C(F)(F)F)C2)cc1N(C(=O)Nc1cnccn1)C1CCCCC1. The zero-order valence-corrected chi connectivity index (χ0v) is 18.4. The van der Waals surface area contributed by atoms with Crippen LogP contribution in [0.4, 0.5) is 40.8 Å². The lowest BCUT2D eigenvalue weighted by molar-refractivity contribution is -0.175. The highest BCUT2D eigenvalue weighted by Gasteiger charge is 2.42. The fourth-order valence-electron chi connectivity index (χ4n) is 4.76. The molecule has 1 aliphatic carbocycles. The summed E-state index contributed by atoms with van der Waals surface area (Å²) in [5.74, 6) is -1.04. The molecule has 2 heterocycles. The number of rotatable bonds is 4. The predicted molar refractivity (Wildman–Crippen MR) is 122 cm³/mol. The number of hydrogen-bond donors (Lipinski definition) is 2. The third-order valence-electron chi connectivity index (χ3n) is 6.48. The molecular formula is C23H29F3N6O. The van der Waals surface area contributed by atoms with Crippen LogP contribution in [-0.2, 0) is 0 Å². The van der Waals surface area contributed by atoms with Crippen molar-refractivity contribution in [2.75, 3.05) is 33.9 Å². The van der Waals surface area contributed by atoms with Gasteiger partial charge in [-0.3, -0.25) is 15.2 Å². The number of aromatic nitrogens is 2. The smallest absolute Gasteiger partial charge is 0.393 e. The summed E-state index contributed by atoms with van der Waals surface area (Å²) in [6.45, 7) is 0.438. The molecule has 33 heavy (non-hydrogen) atoms. The molecule has 1 aromatic carbocycles. The molecule has 2 fully saturated rings. The van der Waals surface area contributed by atoms with E-state index in [0.29, 0.717) is 35.8 Å². The number of anilines is 4. The average Bonchev–Trinajstić information content (AvgIpc) is 2.81. The first kappa shape index (κ1) is 23.1. The number of alkyl halides is 3. The summed E-state index contributed by atoms with van der Waals surface area (Å²) in [5.41, 5.74) is 7.86. The number of piperidine rings is 1. The van der Waals surface area contributed by atoms with Crippen molar-refractivity contribution in [1.82, 2.24) is 9.97 Å². The van der Waals surface area contributed by atoms with E-state index in [4.69, 9.17) is 5.73 Å². The van der Waals surface area contributed by atoms with Gasteiger partial charge in [0.25, 0.3) is 0 Å². The van der Waals surface area contributed by atoms with Gasteiger partial charge in [-0.15, -0.1) is 0 Å². The Bertz CT molecular complexity index is 949. The molecule has 1 atom stereocenters. The van der Waals surface area contributed by atoms with E-state index in [9.17, 15) is 18.0 Å². The van der Waals surface area contributed by atoms with Crippen molar-refractivity contribution in [2.45, 2.75) is 57.2 Å². The molecule has 1 saturated carbocycles. The number of benzene rings is 1. The van der Waals surface area contributed by atoms with Gasteiger partial charge in [0, 0.05) is 37.2 Å². The molecule has 2 aliphatic rings. The first-order valence-electron chi connectivity index (χ1n) is 11.4. The molecule has 1 saturated heterocycles. The van der Waals surface area contributed by atoms with E-state index in [1.807, 2.05) is 0 Å². The molecule has 4 rings (SSSR count). The molecule has 0 bridgehead atoms. The minimum atomic E-state index is -4.22. The number of nitrogens with one attached hydrogen (secondary N) is 1. The fraction of sp³-hybridized carbons (Fsp3) is 0.522. The van der Waals surface area contributed by atoms with Crippen LogP contribution in [0.2, 0.25) is 0 Å². The van der Waals surface area contributed by atoms with Gasteiger partial charge < -0.3 is 10.6 Å². The molecule has 2 amide bonds. The van der Waals surface area contributed by atoms with Gasteiger partial charge in [0.1, 0.15) is 0 Å². The molecule has 1 aromatic heterocycles. The highest BCUT2D eigenvalue weighted by atomic mass is 19.4. The molecule has 10 heteroatoms. The monoisotopic (exact) mass is 462 g/mol. The van der Waals surface area contributed by atoms with E-state index in [-0.39, 0.29) is 25.0 Å². The van der Waals surface area contributed by atoms with Crippen molar-refractivity contribution in [3.8, 4) is 0 Å². The van der Waals surface area contributed by atoms with Crippen molar-refractivity contribution in [2.24, 2.45) is 5.92 Å². The van der Waals surface area contributed by atoms with Crippen molar-refractivity contribution in [3.05, 3.63) is 36.8 Å². The Balaban J connectivity index is 1.64. The van der Waals surface area contributed by atoms with Crippen LogP contribution >= 0.6 is 0 Å². The second kappa shape index (κ2) is 9.84. The van der Waals surface area contributed by atoms with E-state index in [2.05, 4.69) is 15.3 Å². The Hall–Kier alpha value is -3.04. The van der Waals surface area contributed by atoms with Crippen LogP contribution in [0.1, 0.15) is 44.9 Å². The Morgan fingerprint density at radius 1 is 1.12 bits per heavy atom. The number of carbonyl (C=O) groups excluding carboxylic acids is 1. The highest BCUT2D eigenvalue weighted by molar-refractivity contribution is 6.04. The number of amides is 2. The van der Waals surface area contributed by atoms with Crippen LogP contribution in [0, 0.1) is 5.92 Å². The Kier molecular flexibility index (Phi) is 6.90. The van der Waals surface area contributed by atoms with Crippen LogP contribution in [0.15, 0.2) is 36.8 Å². The van der Waals surface area contributed by atoms with Crippen molar-refractivity contribution in [1.29, 1.82) is 0 Å². The van der Waals surface area contributed by atoms with Crippen molar-refractivity contribution < 1.29 is 18.0 Å². The zero-order valence-electron chi connectivity index (χ0n) is 18.4. The number of halogens is 3. The second-order valence-corrected chi connectivity index (χ2v) is 8.75. The van der Waals surface area contributed by atoms with Crippen LogP contribution < -0.4 is 20.9 Å². The van der Waals surface area contributed by atoms with Gasteiger partial charge in [-0.05, 0) is 43.9 Å². The minimum absolute atomic E-state index is 0.0581. The van der Waals surface area contributed by atoms with Gasteiger partial charge in [-0.1, -0.05) is 19.3 Å². The van der Waals surface area contributed by atoms with E-state index >= 15 is 0 Å². The number of carbonyl (C=O) groups is 1. The molecular weight excluding hydrogens is 433 g/mol. The predicted octanol–water partition coefficient (Wildman–Crippen LogP) is 5.21. The van der Waals surface area contributed by atoms with E-state index in [1.165, 1.54) is 18.6 Å². The van der Waals surface area contributed by atoms with Gasteiger partial charge in [-0.2, -0.15) is 13.2 Å². The summed E-state index contributed by atoms with van der Waals surface area (Å²) >= 11 is 0. The van der Waals surface area contributed by atoms with Gasteiger partial charge in [-0.25, -0.2) is 9.78 Å². The lowest BCUT2D eigenvalue weighted by Crippen LogP contribution is -2.45. The summed E-state index contributed by atoms with van der Waals surface area (Å²) < 4.78 is 40.0. The van der Waals surface area contributed by atoms with Crippen LogP contribution in [0.5, 0.6) is 0 Å². The highest BCUT2D eigenvalue weighted by Crippen LogP contribution is 2.38. The van der Waals surface area contributed by atoms with E-state index < -0.39 is 12.1 Å². The number of nitrogens with two attached hydrogens (primary N) is 1. The summed E-state index contributed by atoms with van der Waals surface area (Å²) in [5, 5.41) is 2.79. The number of urea groups is 1. The summed E-state index contributed by atoms with van der Waals surface area (Å²) in [6.07, 6.45) is 5.61. The van der Waals surface area contributed by atoms with Crippen molar-refractivity contribution >= 4 is 28.9 Å². The van der Waals surface area contributed by atoms with Gasteiger partial charge >= 0.3 is 12.2 Å². The Morgan fingerprint density at radius 3 is 2.61 bits per heavy atom. The van der Waals surface area contributed by atoms with Crippen LogP contribution in [0.25, 0.3) is 0 Å². The zero-order chi connectivity index (χ0) is 23.4. The fourth-order valence-corrected chi connectivity index (χ4v) is 4.76. The Morgan fingerprint density at radius 2 is 1.91 bits per heavy atom. The van der Waals surface area contributed by atoms with Crippen molar-refractivity contribution in [3.63, 3.8) is 0 Å². The quantitative estimate of drug-likeness (QED) is 0.609. The molecule has 0 spiro atoms. The molecule has 178 valence electrons.